The van der Waals surface area contributed by atoms with Crippen LogP contribution in [0.4, 0.5) is 11.4 Å². The summed E-state index contributed by atoms with van der Waals surface area (Å²) in [5.74, 6) is -1.07. The number of nitrogens with two attached hydrogens (primary N) is 1. The van der Waals surface area contributed by atoms with Crippen molar-refractivity contribution in [2.75, 3.05) is 17.7 Å². The molecule has 0 aromatic heterocycles. The topological polar surface area (TPSA) is 83.6 Å². The average Bonchev–Trinajstić information content (AvgIpc) is 2.46. The molecule has 1 aliphatic carbocycles. The van der Waals surface area contributed by atoms with Gasteiger partial charge in [-0.25, -0.2) is 4.79 Å². The molecule has 1 amide bonds. The first-order valence-electron chi connectivity index (χ1n) is 6.91. The number of carboxylic acid groups (broad SMARTS) is 1. The van der Waals surface area contributed by atoms with Gasteiger partial charge in [-0.3, -0.25) is 4.79 Å². The Kier molecular flexibility index (Phi) is 4.27. The van der Waals surface area contributed by atoms with Crippen molar-refractivity contribution in [3.8, 4) is 0 Å². The molecule has 0 spiro atoms. The van der Waals surface area contributed by atoms with E-state index in [1.807, 2.05) is 0 Å². The molecule has 20 heavy (non-hydrogen) atoms. The fourth-order valence-corrected chi connectivity index (χ4v) is 2.76. The molecule has 0 heterocycles. The average molecular weight is 276 g/mol. The predicted octanol–water partition coefficient (Wildman–Crippen LogP) is 2.51. The Hall–Kier alpha value is -2.04. The Morgan fingerprint density at radius 1 is 1.25 bits per heavy atom. The van der Waals surface area contributed by atoms with Crippen LogP contribution in [0.1, 0.15) is 42.5 Å². The lowest BCUT2D eigenvalue weighted by molar-refractivity contribution is -0.123. The molecular weight excluding hydrogens is 256 g/mol. The molecule has 0 bridgehead atoms. The molecule has 1 fully saturated rings. The van der Waals surface area contributed by atoms with Gasteiger partial charge < -0.3 is 15.7 Å². The molecule has 2 rings (SSSR count). The van der Waals surface area contributed by atoms with E-state index in [9.17, 15) is 14.7 Å². The number of carbonyl (C=O) groups excluding carboxylic acids is 1. The first-order chi connectivity index (χ1) is 9.50. The summed E-state index contributed by atoms with van der Waals surface area (Å²) in [5.41, 5.74) is 6.47. The summed E-state index contributed by atoms with van der Waals surface area (Å²) in [6, 6.07) is 4.61. The molecular formula is C15H20N2O3. The zero-order valence-electron chi connectivity index (χ0n) is 11.6. The number of nitrogen functional groups attached to an aromatic ring is 1. The largest absolute Gasteiger partial charge is 0.478 e. The standard InChI is InChI=1S/C15H20N2O3/c1-17(14(18)10-5-3-2-4-6-10)13-8-7-11(16)9-12(13)15(19)20/h7-10H,2-6,16H2,1H3,(H,19,20). The fraction of sp³-hybridized carbons (Fsp3) is 0.467. The minimum atomic E-state index is -1.07. The van der Waals surface area contributed by atoms with Gasteiger partial charge >= 0.3 is 5.97 Å². The third kappa shape index (κ3) is 2.92. The van der Waals surface area contributed by atoms with E-state index in [1.165, 1.54) is 17.4 Å². The molecule has 0 saturated heterocycles. The van der Waals surface area contributed by atoms with Crippen LogP contribution in [0.25, 0.3) is 0 Å². The number of nitrogens with zero attached hydrogens (tertiary/aromatic N) is 1. The number of hydrogen-bond acceptors (Lipinski definition) is 3. The highest BCUT2D eigenvalue weighted by Crippen LogP contribution is 2.29. The Morgan fingerprint density at radius 3 is 2.50 bits per heavy atom. The normalized spacial score (nSPS) is 15.8. The number of benzene rings is 1. The second kappa shape index (κ2) is 5.94. The van der Waals surface area contributed by atoms with Gasteiger partial charge in [0.25, 0.3) is 0 Å². The number of hydrogen-bond donors (Lipinski definition) is 2. The second-order valence-corrected chi connectivity index (χ2v) is 5.31. The molecule has 1 saturated carbocycles. The highest BCUT2D eigenvalue weighted by molar-refractivity contribution is 6.03. The maximum Gasteiger partial charge on any atom is 0.337 e. The fourth-order valence-electron chi connectivity index (χ4n) is 2.76. The monoisotopic (exact) mass is 276 g/mol. The highest BCUT2D eigenvalue weighted by atomic mass is 16.4. The molecule has 0 unspecified atom stereocenters. The van der Waals surface area contributed by atoms with E-state index in [0.29, 0.717) is 11.4 Å². The van der Waals surface area contributed by atoms with E-state index in [4.69, 9.17) is 5.73 Å². The minimum Gasteiger partial charge on any atom is -0.478 e. The number of carboxylic acids is 1. The van der Waals surface area contributed by atoms with Crippen LogP contribution in [0.2, 0.25) is 0 Å². The van der Waals surface area contributed by atoms with Crippen LogP contribution in [0.3, 0.4) is 0 Å². The van der Waals surface area contributed by atoms with E-state index in [1.54, 1.807) is 19.2 Å². The third-order valence-corrected chi connectivity index (χ3v) is 3.90. The molecule has 5 nitrogen and oxygen atoms in total. The molecule has 0 aliphatic heterocycles. The van der Waals surface area contributed by atoms with Gasteiger partial charge in [-0.2, -0.15) is 0 Å². The van der Waals surface area contributed by atoms with Crippen LogP contribution in [-0.2, 0) is 4.79 Å². The number of carbonyl (C=O) groups is 2. The zero-order valence-corrected chi connectivity index (χ0v) is 11.6. The molecule has 5 heteroatoms. The van der Waals surface area contributed by atoms with Gasteiger partial charge in [-0.15, -0.1) is 0 Å². The summed E-state index contributed by atoms with van der Waals surface area (Å²) in [6.45, 7) is 0. The predicted molar refractivity (Wildman–Crippen MR) is 77.8 cm³/mol. The van der Waals surface area contributed by atoms with Gasteiger partial charge in [-0.05, 0) is 31.0 Å². The molecule has 1 aromatic rings. The number of rotatable bonds is 3. The Morgan fingerprint density at radius 2 is 1.90 bits per heavy atom. The van der Waals surface area contributed by atoms with Crippen molar-refractivity contribution in [1.29, 1.82) is 0 Å². The van der Waals surface area contributed by atoms with Crippen molar-refractivity contribution in [3.63, 3.8) is 0 Å². The van der Waals surface area contributed by atoms with Gasteiger partial charge in [0.05, 0.1) is 11.3 Å². The van der Waals surface area contributed by atoms with Crippen molar-refractivity contribution in [2.24, 2.45) is 5.92 Å². The van der Waals surface area contributed by atoms with Crippen molar-refractivity contribution in [1.82, 2.24) is 0 Å². The molecule has 1 aromatic carbocycles. The number of aromatic carboxylic acids is 1. The summed E-state index contributed by atoms with van der Waals surface area (Å²) in [6.07, 6.45) is 5.09. The maximum atomic E-state index is 12.5. The lowest BCUT2D eigenvalue weighted by Gasteiger charge is -2.27. The smallest absolute Gasteiger partial charge is 0.337 e. The summed E-state index contributed by atoms with van der Waals surface area (Å²) >= 11 is 0. The molecule has 0 atom stereocenters. The second-order valence-electron chi connectivity index (χ2n) is 5.31. The summed E-state index contributed by atoms with van der Waals surface area (Å²) in [7, 11) is 1.63. The van der Waals surface area contributed by atoms with Gasteiger partial charge in [0.15, 0.2) is 0 Å². The maximum absolute atomic E-state index is 12.5. The van der Waals surface area contributed by atoms with E-state index in [2.05, 4.69) is 0 Å². The van der Waals surface area contributed by atoms with E-state index >= 15 is 0 Å². The molecule has 0 radical (unpaired) electrons. The summed E-state index contributed by atoms with van der Waals surface area (Å²) in [5, 5.41) is 9.24. The lowest BCUT2D eigenvalue weighted by atomic mass is 9.88. The minimum absolute atomic E-state index is 0.00280. The molecule has 1 aliphatic rings. The number of anilines is 2. The Balaban J connectivity index is 2.25. The first kappa shape index (κ1) is 14.4. The van der Waals surface area contributed by atoms with Crippen LogP contribution < -0.4 is 10.6 Å². The van der Waals surface area contributed by atoms with Crippen LogP contribution in [0.5, 0.6) is 0 Å². The van der Waals surface area contributed by atoms with Crippen molar-refractivity contribution in [3.05, 3.63) is 23.8 Å². The van der Waals surface area contributed by atoms with Crippen molar-refractivity contribution in [2.45, 2.75) is 32.1 Å². The summed E-state index contributed by atoms with van der Waals surface area (Å²) in [4.78, 5) is 25.2. The van der Waals surface area contributed by atoms with Crippen molar-refractivity contribution < 1.29 is 14.7 Å². The Bertz CT molecular complexity index is 522. The SMILES string of the molecule is CN(C(=O)C1CCCCC1)c1ccc(N)cc1C(=O)O. The van der Waals surface area contributed by atoms with Gasteiger partial charge in [0.2, 0.25) is 5.91 Å². The number of amides is 1. The van der Waals surface area contributed by atoms with Gasteiger partial charge in [0.1, 0.15) is 0 Å². The third-order valence-electron chi connectivity index (χ3n) is 3.90. The van der Waals surface area contributed by atoms with E-state index in [0.717, 1.165) is 25.7 Å². The van der Waals surface area contributed by atoms with E-state index in [-0.39, 0.29) is 17.4 Å². The Labute approximate surface area is 118 Å². The quantitative estimate of drug-likeness (QED) is 0.831. The van der Waals surface area contributed by atoms with Gasteiger partial charge in [-0.1, -0.05) is 19.3 Å². The first-order valence-corrected chi connectivity index (χ1v) is 6.91. The molecule has 3 N–H and O–H groups in total. The molecule has 108 valence electrons. The van der Waals surface area contributed by atoms with Crippen LogP contribution in [-0.4, -0.2) is 24.0 Å². The van der Waals surface area contributed by atoms with Crippen LogP contribution in [0.15, 0.2) is 18.2 Å². The summed E-state index contributed by atoms with van der Waals surface area (Å²) < 4.78 is 0. The van der Waals surface area contributed by atoms with Crippen molar-refractivity contribution >= 4 is 23.3 Å². The lowest BCUT2D eigenvalue weighted by Crippen LogP contribution is -2.34. The van der Waals surface area contributed by atoms with Gasteiger partial charge in [0, 0.05) is 18.7 Å². The van der Waals surface area contributed by atoms with Crippen LogP contribution in [0, 0.1) is 5.92 Å². The van der Waals surface area contributed by atoms with Crippen LogP contribution >= 0.6 is 0 Å². The highest BCUT2D eigenvalue weighted by Gasteiger charge is 2.26. The van der Waals surface area contributed by atoms with E-state index < -0.39 is 5.97 Å². The zero-order chi connectivity index (χ0) is 14.7.